The van der Waals surface area contributed by atoms with Gasteiger partial charge in [0.1, 0.15) is 48.0 Å². The van der Waals surface area contributed by atoms with Crippen molar-refractivity contribution in [2.45, 2.75) is 160 Å². The first-order chi connectivity index (χ1) is 42.4. The highest BCUT2D eigenvalue weighted by Gasteiger charge is 2.51. The molecule has 0 aliphatic carbocycles. The van der Waals surface area contributed by atoms with E-state index in [0.717, 1.165) is 83.1 Å². The normalized spacial score (nSPS) is 25.3. The number of carbonyl (C=O) groups is 3. The number of phenols is 1. The fraction of sp³-hybridized carbons (Fsp3) is 0.515. The van der Waals surface area contributed by atoms with Crippen LogP contribution in [0.25, 0.3) is 43.4 Å². The summed E-state index contributed by atoms with van der Waals surface area (Å²) in [6, 6.07) is 18.0. The van der Waals surface area contributed by atoms with E-state index < -0.39 is 30.0 Å². The number of nitrogens with zero attached hydrogens (tertiary/aromatic N) is 10. The number of amides is 3. The van der Waals surface area contributed by atoms with E-state index in [9.17, 15) is 24.6 Å². The third-order valence-corrected chi connectivity index (χ3v) is 20.6. The number of fused-ring (bicyclic) bond motifs is 5. The molecule has 13 rings (SSSR count). The lowest BCUT2D eigenvalue weighted by molar-refractivity contribution is -0.141. The molecule has 3 amide bonds. The Balaban J connectivity index is 0.650. The molecular formula is C66H79FN12O8S. The minimum Gasteiger partial charge on any atom is -0.508 e. The minimum atomic E-state index is -0.873. The average Bonchev–Trinajstić information content (AvgIpc) is 1.05. The van der Waals surface area contributed by atoms with Crippen molar-refractivity contribution < 1.29 is 43.0 Å². The number of aryl methyl sites for hydroxylation is 2. The van der Waals surface area contributed by atoms with Crippen molar-refractivity contribution in [3.8, 4) is 33.5 Å². The zero-order valence-corrected chi connectivity index (χ0v) is 51.9. The highest BCUT2D eigenvalue weighted by Crippen LogP contribution is 2.45. The van der Waals surface area contributed by atoms with Gasteiger partial charge in [0.15, 0.2) is 17.4 Å². The molecule has 20 nitrogen and oxygen atoms in total. The van der Waals surface area contributed by atoms with Gasteiger partial charge in [-0.15, -0.1) is 11.3 Å². The van der Waals surface area contributed by atoms with Gasteiger partial charge in [0, 0.05) is 87.2 Å². The quantitative estimate of drug-likeness (QED) is 0.0706. The number of nitrogens with one attached hydrogen (secondary N) is 2. The Bertz CT molecular complexity index is 3760. The number of rotatable bonds is 16. The van der Waals surface area contributed by atoms with Crippen molar-refractivity contribution in [1.82, 2.24) is 50.4 Å². The van der Waals surface area contributed by atoms with Crippen LogP contribution in [0.15, 0.2) is 76.9 Å². The second kappa shape index (κ2) is 24.1. The zero-order valence-electron chi connectivity index (χ0n) is 51.1. The smallest absolute Gasteiger partial charge is 0.410 e. The summed E-state index contributed by atoms with van der Waals surface area (Å²) in [4.78, 5) is 72.7. The fourth-order valence-corrected chi connectivity index (χ4v) is 15.9. The molecule has 2 unspecified atom stereocenters. The number of benzene rings is 3. The van der Waals surface area contributed by atoms with Gasteiger partial charge >= 0.3 is 12.1 Å². The number of ether oxygens (including phenoxy) is 2. The van der Waals surface area contributed by atoms with Crippen LogP contribution in [-0.4, -0.2) is 168 Å². The van der Waals surface area contributed by atoms with E-state index in [4.69, 9.17) is 28.9 Å². The minimum absolute atomic E-state index is 0.0186. The standard InChI is InChI=1S/C66H79FN12O8S/c1-8-41-11-9-12-44-23-48(80)24-50(56(41)44)58-57(67)59-51(27-68-58)61(75-30-45-17-18-46(31-75)71-45)73-64(72-59)86-34-66-20-10-22-79(66)47(19-21-66)33-85-65(84)77-29-37(4)76(28-38(77)5)54-26-53(87-74-54)55(36(2)3)63(83)78-32-49(81)25-52(78)62(82)70-39(6)42-13-15-43(16-14-42)60-40(7)69-35-88-60/h9,11-16,23-24,26-27,35-39,45-47,49,52,55,71,80-81H,8,10,17-22,25,28-34H2,1-7H3,(H,70,82)/t37-,38+,39-,45?,46?,47-,49+,52-,55+,66+/m0/s1. The van der Waals surface area contributed by atoms with Crippen LogP contribution < -0.4 is 25.2 Å². The van der Waals surface area contributed by atoms with Gasteiger partial charge in [0.2, 0.25) is 11.8 Å². The third-order valence-electron chi connectivity index (χ3n) is 19.7. The Morgan fingerprint density at radius 2 is 1.74 bits per heavy atom. The summed E-state index contributed by atoms with van der Waals surface area (Å²) in [5.41, 5.74) is 6.14. The number of hydrogen-bond donors (Lipinski definition) is 4. The number of likely N-dealkylation sites (tertiary alicyclic amines) is 1. The van der Waals surface area contributed by atoms with Crippen molar-refractivity contribution in [2.75, 3.05) is 62.3 Å². The molecule has 22 heteroatoms. The van der Waals surface area contributed by atoms with Gasteiger partial charge in [0.05, 0.1) is 39.2 Å². The molecule has 2 bridgehead atoms. The van der Waals surface area contributed by atoms with Gasteiger partial charge in [-0.25, -0.2) is 14.2 Å². The number of hydrogen-bond acceptors (Lipinski definition) is 18. The van der Waals surface area contributed by atoms with Gasteiger partial charge < -0.3 is 54.4 Å². The second-order valence-corrected chi connectivity index (χ2v) is 26.7. The van der Waals surface area contributed by atoms with Crippen molar-refractivity contribution in [3.05, 3.63) is 101 Å². The first-order valence-electron chi connectivity index (χ1n) is 31.4. The number of piperazine rings is 2. The Hall–Kier alpha value is -7.53. The zero-order chi connectivity index (χ0) is 61.3. The number of aliphatic hydroxyl groups excluding tert-OH is 1. The topological polar surface area (TPSA) is 228 Å². The third kappa shape index (κ3) is 11.2. The Morgan fingerprint density at radius 1 is 0.943 bits per heavy atom. The van der Waals surface area contributed by atoms with Gasteiger partial charge in [-0.3, -0.25) is 19.5 Å². The number of pyridine rings is 1. The molecule has 0 saturated carbocycles. The Kier molecular flexibility index (Phi) is 16.3. The summed E-state index contributed by atoms with van der Waals surface area (Å²) in [7, 11) is 0. The van der Waals surface area contributed by atoms with E-state index in [-0.39, 0.29) is 96.6 Å². The molecule has 464 valence electrons. The van der Waals surface area contributed by atoms with Gasteiger partial charge in [-0.05, 0) is 125 Å². The van der Waals surface area contributed by atoms with E-state index in [1.165, 1.54) is 4.90 Å². The van der Waals surface area contributed by atoms with Crippen molar-refractivity contribution in [1.29, 1.82) is 0 Å². The molecule has 6 fully saturated rings. The van der Waals surface area contributed by atoms with Gasteiger partial charge in [0.25, 0.3) is 0 Å². The molecule has 4 N–H and O–H groups in total. The van der Waals surface area contributed by atoms with E-state index in [2.05, 4.69) is 42.4 Å². The predicted molar refractivity (Wildman–Crippen MR) is 334 cm³/mol. The molecule has 6 aliphatic heterocycles. The monoisotopic (exact) mass is 1220 g/mol. The molecule has 0 spiro atoms. The van der Waals surface area contributed by atoms with Crippen molar-refractivity contribution >= 4 is 62.6 Å². The number of β-amino-alcohol motifs (C(OH)–C–C–N with tert-alkyl or cyclic N) is 1. The average molecular weight is 1220 g/mol. The van der Waals surface area contributed by atoms with E-state index in [0.29, 0.717) is 73.0 Å². The summed E-state index contributed by atoms with van der Waals surface area (Å²) in [6.45, 7) is 17.3. The largest absolute Gasteiger partial charge is 0.508 e. The lowest BCUT2D eigenvalue weighted by Crippen LogP contribution is -2.58. The van der Waals surface area contributed by atoms with E-state index >= 15 is 4.39 Å². The van der Waals surface area contributed by atoms with Crippen LogP contribution >= 0.6 is 11.3 Å². The van der Waals surface area contributed by atoms with Crippen LogP contribution in [0.3, 0.4) is 0 Å². The highest BCUT2D eigenvalue weighted by atomic mass is 32.1. The SMILES string of the molecule is CCc1cccc2cc(O)cc(-c3ncc4c(N5CC6CCC(C5)N6)nc(OC[C@]56CCCN5[C@H](COC(=O)N5C[C@H](C)N(c7cc([C@H](C(=O)N8C[C@H](O)C[C@H]8C(=O)N[C@@H](C)c8ccc(-c9scnc9C)cc8)C(C)C)on7)C[C@H]5C)CC6)nc4c3F)c12. The maximum absolute atomic E-state index is 17.4. The number of carbonyl (C=O) groups excluding carboxylic acids is 3. The Morgan fingerprint density at radius 3 is 2.49 bits per heavy atom. The number of halogens is 1. The molecule has 6 aliphatic rings. The molecular weight excluding hydrogens is 1140 g/mol. The molecule has 3 aromatic carbocycles. The van der Waals surface area contributed by atoms with Crippen molar-refractivity contribution in [3.63, 3.8) is 0 Å². The molecule has 4 aromatic heterocycles. The summed E-state index contributed by atoms with van der Waals surface area (Å²) in [5, 5.41) is 35.2. The molecule has 10 heterocycles. The molecule has 6 saturated heterocycles. The van der Waals surface area contributed by atoms with Gasteiger partial charge in [-0.2, -0.15) is 9.97 Å². The van der Waals surface area contributed by atoms with Crippen LogP contribution in [0.2, 0.25) is 0 Å². The van der Waals surface area contributed by atoms with E-state index in [1.807, 2.05) is 89.5 Å². The molecule has 10 atom stereocenters. The Labute approximate surface area is 515 Å². The number of phenolic OH excluding ortho intramolecular Hbond substituents is 1. The van der Waals surface area contributed by atoms with Gasteiger partial charge in [-0.1, -0.05) is 68.4 Å². The van der Waals surface area contributed by atoms with Crippen LogP contribution in [0.5, 0.6) is 11.8 Å². The lowest BCUT2D eigenvalue weighted by atomic mass is 9.91. The number of aliphatic hydroxyl groups is 1. The number of anilines is 2. The second-order valence-electron chi connectivity index (χ2n) is 25.8. The first-order valence-corrected chi connectivity index (χ1v) is 32.3. The predicted octanol–water partition coefficient (Wildman–Crippen LogP) is 9.30. The lowest BCUT2D eigenvalue weighted by Gasteiger charge is -2.43. The number of thiazole rings is 1. The number of aromatic nitrogens is 5. The summed E-state index contributed by atoms with van der Waals surface area (Å²) < 4.78 is 36.3. The van der Waals surface area contributed by atoms with Crippen LogP contribution in [0.4, 0.5) is 20.8 Å². The van der Waals surface area contributed by atoms with E-state index in [1.54, 1.807) is 40.6 Å². The summed E-state index contributed by atoms with van der Waals surface area (Å²) in [5.74, 6) is -0.736. The molecule has 0 radical (unpaired) electrons. The van der Waals surface area contributed by atoms with Crippen LogP contribution in [0, 0.1) is 18.7 Å². The van der Waals surface area contributed by atoms with Crippen LogP contribution in [-0.2, 0) is 20.7 Å². The molecule has 7 aromatic rings. The molecule has 88 heavy (non-hydrogen) atoms. The first kappa shape index (κ1) is 59.4. The maximum atomic E-state index is 17.4. The van der Waals surface area contributed by atoms with Crippen molar-refractivity contribution in [2.24, 2.45) is 5.92 Å². The van der Waals surface area contributed by atoms with Crippen LogP contribution in [0.1, 0.15) is 121 Å². The fourth-order valence-electron chi connectivity index (χ4n) is 15.1. The number of aromatic hydroxyl groups is 1. The summed E-state index contributed by atoms with van der Waals surface area (Å²) in [6.07, 6.45) is 6.79. The maximum Gasteiger partial charge on any atom is 0.410 e. The highest BCUT2D eigenvalue weighted by molar-refractivity contribution is 7.13. The summed E-state index contributed by atoms with van der Waals surface area (Å²) >= 11 is 1.58.